The highest BCUT2D eigenvalue weighted by Gasteiger charge is 2.13. The molecule has 0 saturated heterocycles. The zero-order chi connectivity index (χ0) is 21.5. The predicted molar refractivity (Wildman–Crippen MR) is 112 cm³/mol. The van der Waals surface area contributed by atoms with Crippen molar-refractivity contribution in [2.75, 3.05) is 18.7 Å². The molecule has 2 heterocycles. The van der Waals surface area contributed by atoms with E-state index >= 15 is 0 Å². The first-order chi connectivity index (χ1) is 15.2. The first-order valence-corrected chi connectivity index (χ1v) is 9.81. The van der Waals surface area contributed by atoms with E-state index in [0.29, 0.717) is 23.7 Å². The molecule has 0 atom stereocenters. The smallest absolute Gasteiger partial charge is 0.241 e. The molecule has 0 fully saturated rings. The molecule has 4 rings (SSSR count). The zero-order valence-electron chi connectivity index (χ0n) is 16.7. The van der Waals surface area contributed by atoms with Crippen LogP contribution in [0.2, 0.25) is 0 Å². The Bertz CT molecular complexity index is 1050. The minimum absolute atomic E-state index is 0.0392. The monoisotopic (exact) mass is 422 g/mol. The Kier molecular flexibility index (Phi) is 6.32. The summed E-state index contributed by atoms with van der Waals surface area (Å²) < 4.78 is 17.6. The Labute approximate surface area is 178 Å². The highest BCUT2D eigenvalue weighted by atomic mass is 16.7. The summed E-state index contributed by atoms with van der Waals surface area (Å²) >= 11 is 0. The molecule has 2 aromatic carbocycles. The number of anilines is 1. The number of benzene rings is 2. The lowest BCUT2D eigenvalue weighted by atomic mass is 10.2. The van der Waals surface area contributed by atoms with Crippen molar-refractivity contribution >= 4 is 17.5 Å². The van der Waals surface area contributed by atoms with Crippen molar-refractivity contribution in [1.29, 1.82) is 0 Å². The van der Waals surface area contributed by atoms with Gasteiger partial charge in [0.15, 0.2) is 11.5 Å². The molecule has 0 radical (unpaired) electrons. The number of para-hydroxylation sites is 1. The number of rotatable bonds is 9. The molecule has 2 amide bonds. The number of carbonyl (C=O) groups is 2. The number of aromatic nitrogens is 2. The third-order valence-electron chi connectivity index (χ3n) is 4.49. The van der Waals surface area contributed by atoms with Gasteiger partial charge < -0.3 is 24.8 Å². The summed E-state index contributed by atoms with van der Waals surface area (Å²) in [4.78, 5) is 24.2. The second-order valence-corrected chi connectivity index (χ2v) is 6.85. The largest absolute Gasteiger partial charge is 0.493 e. The van der Waals surface area contributed by atoms with Crippen LogP contribution in [-0.4, -0.2) is 35.0 Å². The lowest BCUT2D eigenvalue weighted by molar-refractivity contribution is -0.122. The lowest BCUT2D eigenvalue weighted by Crippen LogP contribution is -2.27. The summed E-state index contributed by atoms with van der Waals surface area (Å²) in [5, 5.41) is 9.69. The third-order valence-corrected chi connectivity index (χ3v) is 4.49. The Morgan fingerprint density at radius 1 is 1.06 bits per heavy atom. The van der Waals surface area contributed by atoms with Crippen molar-refractivity contribution in [3.05, 3.63) is 66.5 Å². The van der Waals surface area contributed by atoms with Gasteiger partial charge in [-0.25, -0.2) is 0 Å². The van der Waals surface area contributed by atoms with Gasteiger partial charge in [0.1, 0.15) is 12.3 Å². The van der Waals surface area contributed by atoms with Crippen LogP contribution in [0.5, 0.6) is 17.2 Å². The molecule has 0 aliphatic carbocycles. The maximum absolute atomic E-state index is 12.2. The van der Waals surface area contributed by atoms with Crippen molar-refractivity contribution in [3.63, 3.8) is 0 Å². The number of hydrogen-bond donors (Lipinski definition) is 2. The number of nitrogens with one attached hydrogen (secondary N) is 2. The predicted octanol–water partition coefficient (Wildman–Crippen LogP) is 2.34. The Morgan fingerprint density at radius 3 is 2.77 bits per heavy atom. The summed E-state index contributed by atoms with van der Waals surface area (Å²) in [5.41, 5.74) is 1.43. The Hall–Kier alpha value is -4.01. The number of hydrogen-bond acceptors (Lipinski definition) is 6. The third kappa shape index (κ3) is 5.75. The second kappa shape index (κ2) is 9.66. The quantitative estimate of drug-likeness (QED) is 0.549. The normalized spacial score (nSPS) is 11.7. The average Bonchev–Trinajstić information content (AvgIpc) is 3.42. The molecule has 9 nitrogen and oxygen atoms in total. The fourth-order valence-electron chi connectivity index (χ4n) is 2.97. The second-order valence-electron chi connectivity index (χ2n) is 6.85. The van der Waals surface area contributed by atoms with Crippen molar-refractivity contribution in [2.24, 2.45) is 0 Å². The van der Waals surface area contributed by atoms with Crippen LogP contribution in [0.1, 0.15) is 12.0 Å². The van der Waals surface area contributed by atoms with Crippen LogP contribution in [0.4, 0.5) is 5.69 Å². The summed E-state index contributed by atoms with van der Waals surface area (Å²) in [6, 6.07) is 14.8. The molecule has 1 aromatic heterocycles. The van der Waals surface area contributed by atoms with Gasteiger partial charge in [0, 0.05) is 12.7 Å². The van der Waals surface area contributed by atoms with Crippen LogP contribution in [0.3, 0.4) is 0 Å². The Morgan fingerprint density at radius 2 is 1.90 bits per heavy atom. The summed E-state index contributed by atoms with van der Waals surface area (Å²) in [7, 11) is 0. The van der Waals surface area contributed by atoms with Gasteiger partial charge in [-0.05, 0) is 29.8 Å². The van der Waals surface area contributed by atoms with Crippen LogP contribution in [0.25, 0.3) is 0 Å². The summed E-state index contributed by atoms with van der Waals surface area (Å²) in [5.74, 6) is 1.70. The topological polar surface area (TPSA) is 104 Å². The molecule has 160 valence electrons. The maximum atomic E-state index is 12.2. The fraction of sp³-hybridized carbons (Fsp3) is 0.227. The molecule has 1 aliphatic rings. The van der Waals surface area contributed by atoms with E-state index < -0.39 is 0 Å². The number of carbonyl (C=O) groups excluding carboxylic acids is 2. The molecule has 31 heavy (non-hydrogen) atoms. The van der Waals surface area contributed by atoms with Gasteiger partial charge in [-0.3, -0.25) is 14.3 Å². The SMILES string of the molecule is O=C(Cn1cc(NC(=O)CCOc2ccccc2)cn1)NCc1ccc2c(c1)OCO2. The van der Waals surface area contributed by atoms with E-state index in [1.54, 1.807) is 6.20 Å². The van der Waals surface area contributed by atoms with E-state index in [2.05, 4.69) is 15.7 Å². The number of nitrogens with zero attached hydrogens (tertiary/aromatic N) is 2. The standard InChI is InChI=1S/C22H22N4O5/c27-21(8-9-29-18-4-2-1-3-5-18)25-17-12-24-26(13-17)14-22(28)23-11-16-6-7-19-20(10-16)31-15-30-19/h1-7,10,12-13H,8-9,11,14-15H2,(H,23,28)(H,25,27). The van der Waals surface area contributed by atoms with Crippen molar-refractivity contribution < 1.29 is 23.8 Å². The summed E-state index contributed by atoms with van der Waals surface area (Å²) in [6.07, 6.45) is 3.31. The van der Waals surface area contributed by atoms with E-state index in [0.717, 1.165) is 11.3 Å². The lowest BCUT2D eigenvalue weighted by Gasteiger charge is -2.07. The first-order valence-electron chi connectivity index (χ1n) is 9.81. The molecule has 9 heteroatoms. The van der Waals surface area contributed by atoms with Gasteiger partial charge in [-0.2, -0.15) is 5.10 Å². The zero-order valence-corrected chi connectivity index (χ0v) is 16.7. The molecule has 2 N–H and O–H groups in total. The highest BCUT2D eigenvalue weighted by molar-refractivity contribution is 5.90. The molecule has 1 aliphatic heterocycles. The van der Waals surface area contributed by atoms with E-state index in [9.17, 15) is 9.59 Å². The van der Waals surface area contributed by atoms with Gasteiger partial charge in [0.2, 0.25) is 18.6 Å². The van der Waals surface area contributed by atoms with Gasteiger partial charge in [-0.15, -0.1) is 0 Å². The molecular formula is C22H22N4O5. The van der Waals surface area contributed by atoms with E-state index in [4.69, 9.17) is 14.2 Å². The van der Waals surface area contributed by atoms with Gasteiger partial charge in [0.05, 0.1) is 24.9 Å². The molecule has 0 spiro atoms. The van der Waals surface area contributed by atoms with Crippen LogP contribution in [0, 0.1) is 0 Å². The maximum Gasteiger partial charge on any atom is 0.241 e. The van der Waals surface area contributed by atoms with Gasteiger partial charge >= 0.3 is 0 Å². The van der Waals surface area contributed by atoms with Crippen LogP contribution in [-0.2, 0) is 22.7 Å². The molecular weight excluding hydrogens is 400 g/mol. The van der Waals surface area contributed by atoms with E-state index in [1.807, 2.05) is 48.5 Å². The minimum atomic E-state index is -0.199. The van der Waals surface area contributed by atoms with Crippen LogP contribution in [0.15, 0.2) is 60.9 Å². The average molecular weight is 422 g/mol. The van der Waals surface area contributed by atoms with Crippen molar-refractivity contribution in [1.82, 2.24) is 15.1 Å². The van der Waals surface area contributed by atoms with Crippen LogP contribution >= 0.6 is 0 Å². The van der Waals surface area contributed by atoms with Crippen LogP contribution < -0.4 is 24.8 Å². The molecule has 0 unspecified atom stereocenters. The Balaban J connectivity index is 1.18. The molecule has 0 saturated carbocycles. The summed E-state index contributed by atoms with van der Waals surface area (Å²) in [6.45, 7) is 0.884. The number of ether oxygens (including phenoxy) is 3. The number of amides is 2. The van der Waals surface area contributed by atoms with Crippen molar-refractivity contribution in [3.8, 4) is 17.2 Å². The van der Waals surface area contributed by atoms with E-state index in [1.165, 1.54) is 10.9 Å². The highest BCUT2D eigenvalue weighted by Crippen LogP contribution is 2.32. The van der Waals surface area contributed by atoms with Crippen molar-refractivity contribution in [2.45, 2.75) is 19.5 Å². The van der Waals surface area contributed by atoms with Gasteiger partial charge in [0.25, 0.3) is 0 Å². The van der Waals surface area contributed by atoms with E-state index in [-0.39, 0.29) is 38.2 Å². The molecule has 0 bridgehead atoms. The number of fused-ring (bicyclic) bond motifs is 1. The first kappa shape index (κ1) is 20.3. The molecule has 3 aromatic rings. The minimum Gasteiger partial charge on any atom is -0.493 e. The van der Waals surface area contributed by atoms with Gasteiger partial charge in [-0.1, -0.05) is 24.3 Å². The fourth-order valence-corrected chi connectivity index (χ4v) is 2.97.